The lowest BCUT2D eigenvalue weighted by molar-refractivity contribution is 0.565. The van der Waals surface area contributed by atoms with E-state index in [-0.39, 0.29) is 6.04 Å². The summed E-state index contributed by atoms with van der Waals surface area (Å²) in [5, 5.41) is 3.19. The van der Waals surface area contributed by atoms with Gasteiger partial charge in [-0.2, -0.15) is 0 Å². The highest BCUT2D eigenvalue weighted by molar-refractivity contribution is 5.22. The van der Waals surface area contributed by atoms with E-state index >= 15 is 0 Å². The van der Waals surface area contributed by atoms with Gasteiger partial charge in [-0.15, -0.1) is 0 Å². The first-order valence-electron chi connectivity index (χ1n) is 4.45. The molecule has 1 aliphatic rings. The van der Waals surface area contributed by atoms with E-state index in [0.29, 0.717) is 0 Å². The predicted molar refractivity (Wildman–Crippen MR) is 46.3 cm³/mol. The third-order valence-electron chi connectivity index (χ3n) is 2.35. The number of benzene rings is 1. The Morgan fingerprint density at radius 2 is 1.85 bits per heavy atom. The van der Waals surface area contributed by atoms with Gasteiger partial charge in [-0.25, -0.2) is 8.78 Å². The van der Waals surface area contributed by atoms with Gasteiger partial charge in [-0.3, -0.25) is 0 Å². The predicted octanol–water partition coefficient (Wildman–Crippen LogP) is 2.39. The van der Waals surface area contributed by atoms with Gasteiger partial charge in [0.25, 0.3) is 0 Å². The highest BCUT2D eigenvalue weighted by Crippen LogP contribution is 2.24. The fourth-order valence-corrected chi connectivity index (χ4v) is 1.75. The first kappa shape index (κ1) is 8.63. The molecule has 0 aliphatic carbocycles. The third kappa shape index (κ3) is 1.86. The summed E-state index contributed by atoms with van der Waals surface area (Å²) in [6.45, 7) is 0.933. The number of halogens is 2. The van der Waals surface area contributed by atoms with Crippen molar-refractivity contribution in [3.63, 3.8) is 0 Å². The SMILES string of the molecule is Fc1cc(F)cc(C2CCCN2)c1. The van der Waals surface area contributed by atoms with Gasteiger partial charge in [0.05, 0.1) is 0 Å². The van der Waals surface area contributed by atoms with E-state index in [1.807, 2.05) is 0 Å². The van der Waals surface area contributed by atoms with Crippen molar-refractivity contribution in [2.24, 2.45) is 0 Å². The van der Waals surface area contributed by atoms with Crippen molar-refractivity contribution in [1.82, 2.24) is 5.32 Å². The van der Waals surface area contributed by atoms with Gasteiger partial charge in [-0.05, 0) is 37.1 Å². The highest BCUT2D eigenvalue weighted by atomic mass is 19.1. The standard InChI is InChI=1S/C10H11F2N/c11-8-4-7(5-9(12)6-8)10-2-1-3-13-10/h4-6,10,13H,1-3H2. The summed E-state index contributed by atoms with van der Waals surface area (Å²) in [5.41, 5.74) is 0.718. The van der Waals surface area contributed by atoms with Crippen molar-refractivity contribution >= 4 is 0 Å². The van der Waals surface area contributed by atoms with Gasteiger partial charge in [0.2, 0.25) is 0 Å². The molecule has 1 unspecified atom stereocenters. The minimum Gasteiger partial charge on any atom is -0.310 e. The molecular formula is C10H11F2N. The van der Waals surface area contributed by atoms with Crippen molar-refractivity contribution in [3.05, 3.63) is 35.4 Å². The summed E-state index contributed by atoms with van der Waals surface area (Å²) < 4.78 is 25.6. The average Bonchev–Trinajstić information content (AvgIpc) is 2.53. The number of hydrogen-bond donors (Lipinski definition) is 1. The Kier molecular flexibility index (Phi) is 2.27. The molecule has 70 valence electrons. The fraction of sp³-hybridized carbons (Fsp3) is 0.400. The van der Waals surface area contributed by atoms with Gasteiger partial charge in [0.1, 0.15) is 11.6 Å². The third-order valence-corrected chi connectivity index (χ3v) is 2.35. The van der Waals surface area contributed by atoms with E-state index in [4.69, 9.17) is 0 Å². The second kappa shape index (κ2) is 3.42. The molecule has 1 aromatic rings. The molecule has 1 nitrogen and oxygen atoms in total. The zero-order valence-electron chi connectivity index (χ0n) is 7.19. The Hall–Kier alpha value is -0.960. The maximum atomic E-state index is 12.8. The van der Waals surface area contributed by atoms with Crippen LogP contribution in [0.25, 0.3) is 0 Å². The maximum absolute atomic E-state index is 12.8. The molecule has 0 bridgehead atoms. The van der Waals surface area contributed by atoms with Crippen molar-refractivity contribution in [3.8, 4) is 0 Å². The summed E-state index contributed by atoms with van der Waals surface area (Å²) in [7, 11) is 0. The molecule has 1 fully saturated rings. The second-order valence-electron chi connectivity index (χ2n) is 3.35. The van der Waals surface area contributed by atoms with Gasteiger partial charge < -0.3 is 5.32 Å². The Balaban J connectivity index is 2.28. The Morgan fingerprint density at radius 3 is 2.38 bits per heavy atom. The topological polar surface area (TPSA) is 12.0 Å². The molecular weight excluding hydrogens is 172 g/mol. The molecule has 0 aromatic heterocycles. The molecule has 0 radical (unpaired) electrons. The van der Waals surface area contributed by atoms with Crippen molar-refractivity contribution < 1.29 is 8.78 Å². The molecule has 0 spiro atoms. The number of rotatable bonds is 1. The van der Waals surface area contributed by atoms with Crippen LogP contribution in [0.1, 0.15) is 24.4 Å². The molecule has 13 heavy (non-hydrogen) atoms. The van der Waals surface area contributed by atoms with E-state index in [1.54, 1.807) is 0 Å². The number of hydrogen-bond acceptors (Lipinski definition) is 1. The zero-order valence-corrected chi connectivity index (χ0v) is 7.19. The monoisotopic (exact) mass is 183 g/mol. The summed E-state index contributed by atoms with van der Waals surface area (Å²) >= 11 is 0. The minimum atomic E-state index is -0.497. The van der Waals surface area contributed by atoms with E-state index in [0.717, 1.165) is 31.0 Å². The Bertz CT molecular complexity index is 286. The van der Waals surface area contributed by atoms with Crippen LogP contribution in [0.15, 0.2) is 18.2 Å². The molecule has 1 heterocycles. The van der Waals surface area contributed by atoms with Crippen molar-refractivity contribution in [2.75, 3.05) is 6.54 Å². The lowest BCUT2D eigenvalue weighted by atomic mass is 10.1. The van der Waals surface area contributed by atoms with Crippen LogP contribution >= 0.6 is 0 Å². The van der Waals surface area contributed by atoms with Crippen LogP contribution in [0, 0.1) is 11.6 Å². The van der Waals surface area contributed by atoms with Crippen LogP contribution in [0.4, 0.5) is 8.78 Å². The van der Waals surface area contributed by atoms with Gasteiger partial charge in [0, 0.05) is 12.1 Å². The van der Waals surface area contributed by atoms with Gasteiger partial charge >= 0.3 is 0 Å². The normalized spacial score (nSPS) is 22.2. The molecule has 1 aliphatic heterocycles. The van der Waals surface area contributed by atoms with E-state index in [1.165, 1.54) is 12.1 Å². The quantitative estimate of drug-likeness (QED) is 0.704. The Morgan fingerprint density at radius 1 is 1.15 bits per heavy atom. The smallest absolute Gasteiger partial charge is 0.126 e. The van der Waals surface area contributed by atoms with E-state index < -0.39 is 11.6 Å². The Labute approximate surface area is 75.8 Å². The van der Waals surface area contributed by atoms with Crippen LogP contribution in [-0.4, -0.2) is 6.54 Å². The van der Waals surface area contributed by atoms with Crippen LogP contribution in [-0.2, 0) is 0 Å². The van der Waals surface area contributed by atoms with Crippen molar-refractivity contribution in [2.45, 2.75) is 18.9 Å². The second-order valence-corrected chi connectivity index (χ2v) is 3.35. The summed E-state index contributed by atoms with van der Waals surface area (Å²) in [5.74, 6) is -0.993. The molecule has 3 heteroatoms. The highest BCUT2D eigenvalue weighted by Gasteiger charge is 2.17. The average molecular weight is 183 g/mol. The zero-order chi connectivity index (χ0) is 9.26. The van der Waals surface area contributed by atoms with Gasteiger partial charge in [-0.1, -0.05) is 0 Å². The summed E-state index contributed by atoms with van der Waals surface area (Å²) in [6.07, 6.45) is 2.03. The first-order chi connectivity index (χ1) is 6.25. The van der Waals surface area contributed by atoms with Crippen molar-refractivity contribution in [1.29, 1.82) is 0 Å². The molecule has 0 amide bonds. The van der Waals surface area contributed by atoms with E-state index in [2.05, 4.69) is 5.32 Å². The fourth-order valence-electron chi connectivity index (χ4n) is 1.75. The van der Waals surface area contributed by atoms with Crippen LogP contribution < -0.4 is 5.32 Å². The summed E-state index contributed by atoms with van der Waals surface area (Å²) in [6, 6.07) is 3.82. The molecule has 1 aromatic carbocycles. The van der Waals surface area contributed by atoms with Gasteiger partial charge in [0.15, 0.2) is 0 Å². The lowest BCUT2D eigenvalue weighted by Crippen LogP contribution is -2.13. The molecule has 0 saturated carbocycles. The molecule has 1 atom stereocenters. The first-order valence-corrected chi connectivity index (χ1v) is 4.45. The largest absolute Gasteiger partial charge is 0.310 e. The maximum Gasteiger partial charge on any atom is 0.126 e. The molecule has 1 saturated heterocycles. The summed E-state index contributed by atoms with van der Waals surface area (Å²) in [4.78, 5) is 0. The number of nitrogens with one attached hydrogen (secondary N) is 1. The van der Waals surface area contributed by atoms with Crippen LogP contribution in [0.5, 0.6) is 0 Å². The lowest BCUT2D eigenvalue weighted by Gasteiger charge is -2.10. The minimum absolute atomic E-state index is 0.130. The molecule has 2 rings (SSSR count). The van der Waals surface area contributed by atoms with Crippen LogP contribution in [0.2, 0.25) is 0 Å². The van der Waals surface area contributed by atoms with Crippen LogP contribution in [0.3, 0.4) is 0 Å². The molecule has 1 N–H and O–H groups in total. The van der Waals surface area contributed by atoms with E-state index in [9.17, 15) is 8.78 Å².